The van der Waals surface area contributed by atoms with Crippen molar-refractivity contribution in [2.24, 2.45) is 5.92 Å². The topological polar surface area (TPSA) is 126 Å². The first kappa shape index (κ1) is 30.9. The minimum Gasteiger partial charge on any atom is -0.455 e. The highest BCUT2D eigenvalue weighted by Gasteiger charge is 2.64. The van der Waals surface area contributed by atoms with Crippen molar-refractivity contribution in [2.75, 3.05) is 32.8 Å². The summed E-state index contributed by atoms with van der Waals surface area (Å²) in [5, 5.41) is 0. The van der Waals surface area contributed by atoms with Gasteiger partial charge in [-0.05, 0) is 85.8 Å². The molecule has 0 spiro atoms. The largest absolute Gasteiger partial charge is 0.455 e. The molecule has 236 valence electrons. The van der Waals surface area contributed by atoms with Gasteiger partial charge in [-0.25, -0.2) is 14.4 Å². The van der Waals surface area contributed by atoms with Gasteiger partial charge in [0.25, 0.3) is 5.91 Å². The molecule has 0 N–H and O–H groups in total. The van der Waals surface area contributed by atoms with E-state index >= 15 is 0 Å². The summed E-state index contributed by atoms with van der Waals surface area (Å²) in [4.78, 5) is 72.3. The highest BCUT2D eigenvalue weighted by molar-refractivity contribution is 6.03. The van der Waals surface area contributed by atoms with Gasteiger partial charge in [0, 0.05) is 43.7 Å². The standard InChI is InChI=1S/C31H44N4O8/c1-8-41-28(39)32-12-10-21(11-13-32)33-14-9-18(25(33)36)15-19-16-20-17-34(29(40)43-31(5,6)7)24-22(20)35(26(24)37)23(19)27(38)42-30(2,3)4/h15,20-22,24H,8-14,16-17H2,1-7H3/t20?,22-,24?/m1/s1. The van der Waals surface area contributed by atoms with Gasteiger partial charge in [-0.1, -0.05) is 0 Å². The van der Waals surface area contributed by atoms with Crippen LogP contribution in [0.5, 0.6) is 0 Å². The summed E-state index contributed by atoms with van der Waals surface area (Å²) in [6, 6.07) is -1.02. The third kappa shape index (κ3) is 5.97. The van der Waals surface area contributed by atoms with Gasteiger partial charge >= 0.3 is 18.2 Å². The van der Waals surface area contributed by atoms with Crippen molar-refractivity contribution in [1.29, 1.82) is 0 Å². The van der Waals surface area contributed by atoms with Crippen LogP contribution in [-0.4, -0.2) is 112 Å². The number of amides is 4. The molecular weight excluding hydrogens is 556 g/mol. The molecule has 0 aromatic carbocycles. The van der Waals surface area contributed by atoms with Gasteiger partial charge in [-0.2, -0.15) is 0 Å². The van der Waals surface area contributed by atoms with Gasteiger partial charge < -0.3 is 24.0 Å². The van der Waals surface area contributed by atoms with Crippen LogP contribution >= 0.6 is 0 Å². The molecule has 2 unspecified atom stereocenters. The van der Waals surface area contributed by atoms with Gasteiger partial charge in [0.2, 0.25) is 5.91 Å². The van der Waals surface area contributed by atoms with Gasteiger partial charge in [-0.3, -0.25) is 19.4 Å². The van der Waals surface area contributed by atoms with E-state index in [2.05, 4.69) is 0 Å². The number of allylic oxidation sites excluding steroid dienone is 2. The van der Waals surface area contributed by atoms with Gasteiger partial charge in [0.1, 0.15) is 22.9 Å². The van der Waals surface area contributed by atoms with Crippen molar-refractivity contribution in [1.82, 2.24) is 19.6 Å². The summed E-state index contributed by atoms with van der Waals surface area (Å²) in [6.07, 6.45) is 3.16. The summed E-state index contributed by atoms with van der Waals surface area (Å²) in [5.74, 6) is -1.16. The Labute approximate surface area is 252 Å². The van der Waals surface area contributed by atoms with E-state index in [1.807, 2.05) is 4.90 Å². The first-order chi connectivity index (χ1) is 20.1. The van der Waals surface area contributed by atoms with Crippen LogP contribution in [0.25, 0.3) is 0 Å². The lowest BCUT2D eigenvalue weighted by atomic mass is 9.79. The van der Waals surface area contributed by atoms with Gasteiger partial charge in [0.05, 0.1) is 12.6 Å². The van der Waals surface area contributed by atoms with Crippen molar-refractivity contribution >= 4 is 30.0 Å². The van der Waals surface area contributed by atoms with Crippen molar-refractivity contribution in [3.63, 3.8) is 0 Å². The van der Waals surface area contributed by atoms with E-state index < -0.39 is 29.3 Å². The maximum Gasteiger partial charge on any atom is 0.411 e. The summed E-state index contributed by atoms with van der Waals surface area (Å²) in [7, 11) is 0. The number of likely N-dealkylation sites (tertiary alicyclic amines) is 3. The molecule has 43 heavy (non-hydrogen) atoms. The number of piperidine rings is 1. The van der Waals surface area contributed by atoms with Crippen LogP contribution in [0.4, 0.5) is 9.59 Å². The van der Waals surface area contributed by atoms with E-state index in [0.717, 1.165) is 0 Å². The number of β-lactam (4-membered cyclic amide) rings is 1. The molecule has 5 rings (SSSR count). The van der Waals surface area contributed by atoms with Crippen LogP contribution in [0, 0.1) is 5.92 Å². The second kappa shape index (κ2) is 11.2. The maximum absolute atomic E-state index is 13.6. The first-order valence-electron chi connectivity index (χ1n) is 15.3. The van der Waals surface area contributed by atoms with Crippen LogP contribution in [0.1, 0.15) is 74.1 Å². The normalized spacial score (nSPS) is 27.0. The number of ether oxygens (including phenoxy) is 3. The molecule has 0 saturated carbocycles. The molecule has 4 saturated heterocycles. The monoisotopic (exact) mass is 600 g/mol. The van der Waals surface area contributed by atoms with Crippen LogP contribution < -0.4 is 0 Å². The summed E-state index contributed by atoms with van der Waals surface area (Å²) >= 11 is 0. The summed E-state index contributed by atoms with van der Waals surface area (Å²) in [5.41, 5.74) is -0.186. The van der Waals surface area contributed by atoms with Crippen LogP contribution in [0.3, 0.4) is 0 Å². The average molecular weight is 601 g/mol. The third-order valence-corrected chi connectivity index (χ3v) is 8.55. The van der Waals surface area contributed by atoms with Crippen molar-refractivity contribution in [2.45, 2.75) is 103 Å². The number of carbonyl (C=O) groups is 5. The average Bonchev–Trinajstić information content (AvgIpc) is 3.45. The summed E-state index contributed by atoms with van der Waals surface area (Å²) < 4.78 is 16.4. The highest BCUT2D eigenvalue weighted by Crippen LogP contribution is 2.48. The zero-order valence-electron chi connectivity index (χ0n) is 26.3. The predicted molar refractivity (Wildman–Crippen MR) is 154 cm³/mol. The number of hydrogen-bond acceptors (Lipinski definition) is 8. The van der Waals surface area contributed by atoms with E-state index in [4.69, 9.17) is 14.2 Å². The minimum atomic E-state index is -0.789. The molecule has 4 fully saturated rings. The molecule has 0 radical (unpaired) electrons. The molecule has 0 aromatic rings. The fourth-order valence-electron chi connectivity index (χ4n) is 6.83. The fourth-order valence-corrected chi connectivity index (χ4v) is 6.83. The Morgan fingerprint density at radius 1 is 0.930 bits per heavy atom. The van der Waals surface area contributed by atoms with E-state index in [-0.39, 0.29) is 41.6 Å². The van der Waals surface area contributed by atoms with Gasteiger partial charge in [0.15, 0.2) is 0 Å². The Bertz CT molecular complexity index is 1270. The Morgan fingerprint density at radius 2 is 1.58 bits per heavy atom. The van der Waals surface area contributed by atoms with Crippen molar-refractivity contribution in [3.8, 4) is 0 Å². The molecule has 5 heterocycles. The molecule has 12 nitrogen and oxygen atoms in total. The molecule has 0 bridgehead atoms. The predicted octanol–water partition coefficient (Wildman–Crippen LogP) is 3.21. The van der Waals surface area contributed by atoms with E-state index in [9.17, 15) is 24.0 Å². The van der Waals surface area contributed by atoms with Gasteiger partial charge in [-0.15, -0.1) is 0 Å². The SMILES string of the molecule is CCOC(=O)N1CCC(N2CCC(=CC3=C(C(=O)OC(C)(C)C)N4C(=O)C5[C@H]4C(C3)CN5C(=O)OC(C)(C)C)C2=O)CC1. The van der Waals surface area contributed by atoms with Crippen LogP contribution in [-0.2, 0) is 28.6 Å². The Morgan fingerprint density at radius 3 is 2.19 bits per heavy atom. The third-order valence-electron chi connectivity index (χ3n) is 8.55. The zero-order chi connectivity index (χ0) is 31.4. The Balaban J connectivity index is 1.38. The molecule has 3 atom stereocenters. The molecule has 4 amide bonds. The fraction of sp³-hybridized carbons (Fsp3) is 0.710. The van der Waals surface area contributed by atoms with Crippen molar-refractivity contribution in [3.05, 3.63) is 22.9 Å². The molecule has 5 aliphatic rings. The lowest BCUT2D eigenvalue weighted by Crippen LogP contribution is -2.69. The number of nitrogens with zero attached hydrogens (tertiary/aromatic N) is 4. The lowest BCUT2D eigenvalue weighted by molar-refractivity contribution is -0.163. The Hall–Kier alpha value is -3.57. The number of hydrogen-bond donors (Lipinski definition) is 0. The van der Waals surface area contributed by atoms with E-state index in [1.165, 1.54) is 9.80 Å². The summed E-state index contributed by atoms with van der Waals surface area (Å²) in [6.45, 7) is 14.6. The van der Waals surface area contributed by atoms with E-state index in [1.54, 1.807) is 59.4 Å². The number of carbonyl (C=O) groups excluding carboxylic acids is 5. The number of esters is 1. The molecular formula is C31H44N4O8. The lowest BCUT2D eigenvalue weighted by Gasteiger charge is -2.50. The quantitative estimate of drug-likeness (QED) is 0.209. The second-order valence-corrected chi connectivity index (χ2v) is 14.0. The van der Waals surface area contributed by atoms with Crippen LogP contribution in [0.15, 0.2) is 22.9 Å². The number of rotatable bonds is 4. The van der Waals surface area contributed by atoms with E-state index in [0.29, 0.717) is 69.6 Å². The highest BCUT2D eigenvalue weighted by atomic mass is 16.6. The molecule has 0 aliphatic carbocycles. The first-order valence-corrected chi connectivity index (χ1v) is 15.3. The molecule has 0 aromatic heterocycles. The minimum absolute atomic E-state index is 0.00838. The second-order valence-electron chi connectivity index (χ2n) is 14.0. The van der Waals surface area contributed by atoms with Crippen LogP contribution in [0.2, 0.25) is 0 Å². The Kier molecular flexibility index (Phi) is 8.02. The smallest absolute Gasteiger partial charge is 0.411 e. The molecule has 12 heteroatoms. The van der Waals surface area contributed by atoms with Crippen molar-refractivity contribution < 1.29 is 38.2 Å². The molecule has 5 aliphatic heterocycles. The zero-order valence-corrected chi connectivity index (χ0v) is 26.3. The maximum atomic E-state index is 13.6.